The van der Waals surface area contributed by atoms with Crippen molar-refractivity contribution in [3.63, 3.8) is 0 Å². The van der Waals surface area contributed by atoms with Crippen LogP contribution in [0, 0.1) is 5.82 Å². The molecule has 5 aromatic rings. The van der Waals surface area contributed by atoms with Crippen molar-refractivity contribution in [1.82, 2.24) is 4.57 Å². The lowest BCUT2D eigenvalue weighted by Gasteiger charge is -2.19. The quantitative estimate of drug-likeness (QED) is 0.255. The summed E-state index contributed by atoms with van der Waals surface area (Å²) in [5.74, 6) is -0.545. The summed E-state index contributed by atoms with van der Waals surface area (Å²) < 4.78 is 16.3. The van der Waals surface area contributed by atoms with Gasteiger partial charge in [-0.15, -0.1) is 0 Å². The molecule has 0 saturated carbocycles. The van der Waals surface area contributed by atoms with Gasteiger partial charge in [-0.25, -0.2) is 4.39 Å². The van der Waals surface area contributed by atoms with Gasteiger partial charge in [0.05, 0.1) is 16.7 Å². The minimum atomic E-state index is -0.470. The molecular formula is C34H36FNO2. The maximum absolute atomic E-state index is 14.2. The zero-order valence-electron chi connectivity index (χ0n) is 23.3. The Morgan fingerprint density at radius 3 is 1.74 bits per heavy atom. The Bertz CT molecular complexity index is 1630. The van der Waals surface area contributed by atoms with Crippen LogP contribution in [0.5, 0.6) is 11.5 Å². The molecule has 3 nitrogen and oxygen atoms in total. The molecule has 4 heteroatoms. The summed E-state index contributed by atoms with van der Waals surface area (Å²) >= 11 is 0. The Balaban J connectivity index is 1.90. The number of aromatic nitrogens is 1. The molecule has 1 aromatic heterocycles. The normalized spacial score (nSPS) is 12.5. The van der Waals surface area contributed by atoms with Gasteiger partial charge in [0.1, 0.15) is 17.3 Å². The number of phenolic OH excluding ortho intramolecular Hbond substituents is 2. The van der Waals surface area contributed by atoms with Gasteiger partial charge in [-0.1, -0.05) is 60.6 Å². The topological polar surface area (TPSA) is 45.4 Å². The molecule has 0 aliphatic heterocycles. The molecule has 0 unspecified atom stereocenters. The smallest absolute Gasteiger partial charge is 0.147 e. The highest BCUT2D eigenvalue weighted by Crippen LogP contribution is 2.44. The van der Waals surface area contributed by atoms with Gasteiger partial charge in [0.2, 0.25) is 0 Å². The van der Waals surface area contributed by atoms with Crippen molar-refractivity contribution >= 4 is 21.8 Å². The largest absolute Gasteiger partial charge is 0.507 e. The number of aryl methyl sites for hydroxylation is 1. The summed E-state index contributed by atoms with van der Waals surface area (Å²) in [7, 11) is 0. The Hall–Kier alpha value is -3.79. The number of fused-ring (bicyclic) bond motifs is 3. The third kappa shape index (κ3) is 4.32. The molecular weight excluding hydrogens is 473 g/mol. The Morgan fingerprint density at radius 2 is 1.24 bits per heavy atom. The number of nitrogens with zero attached hydrogens (tertiary/aromatic N) is 1. The van der Waals surface area contributed by atoms with Gasteiger partial charge in [0.15, 0.2) is 0 Å². The number of phenols is 2. The predicted octanol–water partition coefficient (Wildman–Crippen LogP) is 9.16. The van der Waals surface area contributed by atoms with Gasteiger partial charge >= 0.3 is 0 Å². The molecule has 0 bridgehead atoms. The maximum Gasteiger partial charge on any atom is 0.147 e. The molecule has 0 radical (unpaired) electrons. The van der Waals surface area contributed by atoms with E-state index in [0.29, 0.717) is 11.3 Å². The first kappa shape index (κ1) is 25.8. The highest BCUT2D eigenvalue weighted by molar-refractivity contribution is 6.10. The van der Waals surface area contributed by atoms with Crippen molar-refractivity contribution in [1.29, 1.82) is 0 Å². The van der Waals surface area contributed by atoms with Crippen molar-refractivity contribution in [3.05, 3.63) is 89.2 Å². The molecule has 196 valence electrons. The van der Waals surface area contributed by atoms with E-state index in [-0.39, 0.29) is 27.9 Å². The number of benzene rings is 4. The van der Waals surface area contributed by atoms with Crippen LogP contribution in [-0.4, -0.2) is 14.8 Å². The molecule has 0 spiro atoms. The zero-order valence-corrected chi connectivity index (χ0v) is 23.3. The van der Waals surface area contributed by atoms with Crippen molar-refractivity contribution in [3.8, 4) is 28.3 Å². The van der Waals surface area contributed by atoms with E-state index in [9.17, 15) is 14.6 Å². The number of rotatable bonds is 3. The molecule has 0 atom stereocenters. The fourth-order valence-electron chi connectivity index (χ4n) is 5.20. The number of hydrogen-bond acceptors (Lipinski definition) is 2. The average molecular weight is 510 g/mol. The van der Waals surface area contributed by atoms with Gasteiger partial charge < -0.3 is 14.8 Å². The summed E-state index contributed by atoms with van der Waals surface area (Å²) in [5, 5.41) is 24.5. The van der Waals surface area contributed by atoms with E-state index in [1.54, 1.807) is 0 Å². The van der Waals surface area contributed by atoms with E-state index < -0.39 is 5.82 Å². The first-order chi connectivity index (χ1) is 17.8. The van der Waals surface area contributed by atoms with E-state index in [1.807, 2.05) is 19.1 Å². The van der Waals surface area contributed by atoms with Crippen LogP contribution in [0.3, 0.4) is 0 Å². The van der Waals surface area contributed by atoms with Gasteiger partial charge in [0.25, 0.3) is 0 Å². The van der Waals surface area contributed by atoms with Gasteiger partial charge in [0, 0.05) is 21.9 Å². The minimum Gasteiger partial charge on any atom is -0.507 e. The highest BCUT2D eigenvalue weighted by atomic mass is 19.1. The number of halogens is 1. The van der Waals surface area contributed by atoms with Gasteiger partial charge in [-0.05, 0) is 88.5 Å². The zero-order chi connectivity index (χ0) is 27.6. The molecule has 4 aromatic carbocycles. The van der Waals surface area contributed by atoms with Crippen LogP contribution in [-0.2, 0) is 17.3 Å². The van der Waals surface area contributed by atoms with Crippen LogP contribution in [0.15, 0.2) is 66.7 Å². The van der Waals surface area contributed by atoms with Gasteiger partial charge in [-0.2, -0.15) is 0 Å². The Kier molecular flexibility index (Phi) is 6.05. The van der Waals surface area contributed by atoms with E-state index in [4.69, 9.17) is 0 Å². The number of aromatic hydroxyl groups is 2. The monoisotopic (exact) mass is 509 g/mol. The van der Waals surface area contributed by atoms with Crippen LogP contribution in [0.4, 0.5) is 4.39 Å². The third-order valence-corrected chi connectivity index (χ3v) is 7.54. The van der Waals surface area contributed by atoms with E-state index >= 15 is 0 Å². The second kappa shape index (κ2) is 8.90. The second-order valence-corrected chi connectivity index (χ2v) is 12.3. The lowest BCUT2D eigenvalue weighted by Crippen LogP contribution is -2.10. The molecule has 0 saturated heterocycles. The molecule has 0 amide bonds. The van der Waals surface area contributed by atoms with Crippen LogP contribution < -0.4 is 0 Å². The van der Waals surface area contributed by atoms with E-state index in [2.05, 4.69) is 82.5 Å². The summed E-state index contributed by atoms with van der Waals surface area (Å²) in [6.07, 6.45) is 0.718. The van der Waals surface area contributed by atoms with Crippen LogP contribution in [0.25, 0.3) is 38.6 Å². The Labute approximate surface area is 224 Å². The maximum atomic E-state index is 14.2. The molecule has 2 N–H and O–H groups in total. The fourth-order valence-corrected chi connectivity index (χ4v) is 5.20. The lowest BCUT2D eigenvalue weighted by atomic mass is 9.85. The second-order valence-electron chi connectivity index (χ2n) is 12.3. The van der Waals surface area contributed by atoms with Crippen molar-refractivity contribution in [2.24, 2.45) is 0 Å². The lowest BCUT2D eigenvalue weighted by molar-refractivity contribution is 0.466. The molecule has 5 rings (SSSR count). The van der Waals surface area contributed by atoms with Crippen LogP contribution in [0.1, 0.15) is 65.2 Å². The molecule has 1 heterocycles. The third-order valence-electron chi connectivity index (χ3n) is 7.54. The van der Waals surface area contributed by atoms with Crippen molar-refractivity contribution in [2.75, 3.05) is 0 Å². The van der Waals surface area contributed by atoms with E-state index in [0.717, 1.165) is 33.8 Å². The standard InChI is InChI=1S/C34H36FNO2/c1-8-20-15-27(26-19-23(35)11-14-31(26)37)32(38)30(16-20)36-28-12-9-21(33(2,3)4)17-24(28)25-18-22(34(5,6)7)10-13-29(25)36/h9-19,37-38H,8H2,1-7H3. The molecule has 0 aliphatic carbocycles. The van der Waals surface area contributed by atoms with Gasteiger partial charge in [-0.3, -0.25) is 0 Å². The first-order valence-corrected chi connectivity index (χ1v) is 13.2. The predicted molar refractivity (Wildman–Crippen MR) is 156 cm³/mol. The Morgan fingerprint density at radius 1 is 0.684 bits per heavy atom. The SMILES string of the molecule is CCc1cc(-c2cc(F)ccc2O)c(O)c(-n2c3ccc(C(C)(C)C)cc3c3cc(C(C)(C)C)ccc32)c1. The van der Waals surface area contributed by atoms with Crippen LogP contribution >= 0.6 is 0 Å². The molecule has 38 heavy (non-hydrogen) atoms. The summed E-state index contributed by atoms with van der Waals surface area (Å²) in [4.78, 5) is 0. The fraction of sp³-hybridized carbons (Fsp3) is 0.294. The first-order valence-electron chi connectivity index (χ1n) is 13.2. The highest BCUT2D eigenvalue weighted by Gasteiger charge is 2.23. The number of hydrogen-bond donors (Lipinski definition) is 2. The average Bonchev–Trinajstić information content (AvgIpc) is 3.18. The minimum absolute atomic E-state index is 0.00157. The van der Waals surface area contributed by atoms with Crippen molar-refractivity contribution in [2.45, 2.75) is 65.7 Å². The van der Waals surface area contributed by atoms with Crippen molar-refractivity contribution < 1.29 is 14.6 Å². The molecule has 0 fully saturated rings. The van der Waals surface area contributed by atoms with E-state index in [1.165, 1.54) is 29.3 Å². The summed E-state index contributed by atoms with van der Waals surface area (Å²) in [6, 6.07) is 20.7. The summed E-state index contributed by atoms with van der Waals surface area (Å²) in [6.45, 7) is 15.3. The summed E-state index contributed by atoms with van der Waals surface area (Å²) in [5.41, 5.74) is 6.67. The molecule has 0 aliphatic rings. The van der Waals surface area contributed by atoms with Crippen LogP contribution in [0.2, 0.25) is 0 Å².